The molecular weight excluding hydrogens is 536 g/mol. The van der Waals surface area contributed by atoms with E-state index in [9.17, 15) is 8.42 Å². The molecule has 0 saturated carbocycles. The summed E-state index contributed by atoms with van der Waals surface area (Å²) in [5, 5.41) is 0. The number of allylic oxidation sites excluding steroid dienone is 12. The van der Waals surface area contributed by atoms with Crippen molar-refractivity contribution in [1.29, 1.82) is 0 Å². The summed E-state index contributed by atoms with van der Waals surface area (Å²) >= 11 is 0. The largest absolute Gasteiger partial charge is 0.267 e. The van der Waals surface area contributed by atoms with Crippen LogP contribution in [0.5, 0.6) is 0 Å². The van der Waals surface area contributed by atoms with Gasteiger partial charge < -0.3 is 0 Å². The van der Waals surface area contributed by atoms with Crippen LogP contribution in [0, 0.1) is 5.92 Å². The fraction of sp³-hybridized carbons (Fsp3) is 0.632. The molecular formula is C38H64O3S. The number of rotatable bonds is 21. The lowest BCUT2D eigenvalue weighted by Crippen LogP contribution is -2.26. The van der Waals surface area contributed by atoms with E-state index < -0.39 is 16.2 Å². The Morgan fingerprint density at radius 2 is 0.976 bits per heavy atom. The first-order valence-electron chi connectivity index (χ1n) is 16.1. The third-order valence-corrected chi connectivity index (χ3v) is 8.55. The van der Waals surface area contributed by atoms with Gasteiger partial charge in [0.05, 0.1) is 5.75 Å². The lowest BCUT2D eigenvalue weighted by molar-refractivity contribution is 0.208. The zero-order chi connectivity index (χ0) is 32.1. The van der Waals surface area contributed by atoms with Crippen molar-refractivity contribution in [1.82, 2.24) is 0 Å². The van der Waals surface area contributed by atoms with Crippen LogP contribution in [0.25, 0.3) is 0 Å². The minimum Gasteiger partial charge on any atom is -0.262 e. The molecule has 0 radical (unpaired) electrons. The van der Waals surface area contributed by atoms with E-state index in [2.05, 4.69) is 112 Å². The van der Waals surface area contributed by atoms with Gasteiger partial charge in [0.15, 0.2) is 0 Å². The summed E-state index contributed by atoms with van der Waals surface area (Å²) in [4.78, 5) is 0. The second-order valence-electron chi connectivity index (χ2n) is 12.8. The first-order chi connectivity index (χ1) is 19.6. The van der Waals surface area contributed by atoms with Crippen molar-refractivity contribution in [3.63, 3.8) is 0 Å². The maximum Gasteiger partial charge on any atom is 0.267 e. The zero-order valence-corrected chi connectivity index (χ0v) is 29.9. The summed E-state index contributed by atoms with van der Waals surface area (Å²) < 4.78 is 31.8. The Balaban J connectivity index is 6.07. The Morgan fingerprint density at radius 3 is 1.43 bits per heavy atom. The van der Waals surface area contributed by atoms with Gasteiger partial charge in [-0.3, -0.25) is 4.18 Å². The molecule has 0 heterocycles. The van der Waals surface area contributed by atoms with Gasteiger partial charge in [-0.25, -0.2) is 0 Å². The quantitative estimate of drug-likeness (QED) is 0.0972. The number of hydrogen-bond acceptors (Lipinski definition) is 3. The lowest BCUT2D eigenvalue weighted by atomic mass is 9.91. The Labute approximate surface area is 261 Å². The first kappa shape index (κ1) is 40.1. The predicted molar refractivity (Wildman–Crippen MR) is 187 cm³/mol. The average Bonchev–Trinajstić information content (AvgIpc) is 2.85. The van der Waals surface area contributed by atoms with Gasteiger partial charge in [-0.1, -0.05) is 88.5 Å². The molecule has 0 aliphatic rings. The summed E-state index contributed by atoms with van der Waals surface area (Å²) in [6, 6.07) is 0. The maximum atomic E-state index is 12.9. The Kier molecular flexibility index (Phi) is 21.6. The lowest BCUT2D eigenvalue weighted by Gasteiger charge is -2.23. The molecule has 0 aromatic rings. The van der Waals surface area contributed by atoms with Gasteiger partial charge in [0.1, 0.15) is 6.10 Å². The minimum absolute atomic E-state index is 0.0400. The van der Waals surface area contributed by atoms with Crippen molar-refractivity contribution in [3.05, 3.63) is 81.5 Å². The molecule has 4 heteroatoms. The molecule has 0 fully saturated rings. The van der Waals surface area contributed by atoms with Gasteiger partial charge in [-0.05, 0) is 133 Å². The van der Waals surface area contributed by atoms with Crippen molar-refractivity contribution in [2.24, 2.45) is 5.92 Å². The van der Waals surface area contributed by atoms with Crippen molar-refractivity contribution in [2.45, 2.75) is 146 Å². The highest BCUT2D eigenvalue weighted by atomic mass is 32.2. The molecule has 0 aromatic heterocycles. The van der Waals surface area contributed by atoms with E-state index in [1.165, 1.54) is 39.0 Å². The van der Waals surface area contributed by atoms with Crippen LogP contribution >= 0.6 is 0 Å². The van der Waals surface area contributed by atoms with Crippen molar-refractivity contribution in [2.75, 3.05) is 5.75 Å². The Morgan fingerprint density at radius 1 is 0.571 bits per heavy atom. The SMILES string of the molecule is CCCS(=O)(=O)OC(C=C(C)CCC=C(C)C)C(C=C(C)CCC=C(C)C)CC=C(C)CCC=C(C)CCC=C(C)C. The monoisotopic (exact) mass is 600 g/mol. The summed E-state index contributed by atoms with van der Waals surface area (Å²) in [5.41, 5.74) is 9.21. The molecule has 0 N–H and O–H groups in total. The molecule has 240 valence electrons. The fourth-order valence-corrected chi connectivity index (χ4v) is 5.79. The van der Waals surface area contributed by atoms with E-state index >= 15 is 0 Å². The van der Waals surface area contributed by atoms with Crippen LogP contribution in [0.4, 0.5) is 0 Å². The molecule has 0 saturated heterocycles. The maximum absolute atomic E-state index is 12.9. The minimum atomic E-state index is -3.62. The van der Waals surface area contributed by atoms with Crippen LogP contribution in [-0.4, -0.2) is 20.3 Å². The molecule has 0 aromatic carbocycles. The smallest absolute Gasteiger partial charge is 0.262 e. The zero-order valence-electron chi connectivity index (χ0n) is 29.1. The third-order valence-electron chi connectivity index (χ3n) is 7.12. The molecule has 42 heavy (non-hydrogen) atoms. The summed E-state index contributed by atoms with van der Waals surface area (Å²) in [5.74, 6) is -0.0174. The standard InChI is InChI=1S/C38H64O3S/c1-12-27-42(39,40)41-38(29-36(11)24-15-19-32(6)7)37(28-35(10)23-14-18-31(4)5)26-25-34(9)22-16-21-33(8)20-13-17-30(2)3/h17-19,21,25,28-29,37-38H,12-16,20,22-24,26-27H2,1-11H3. The Hall–Kier alpha value is -1.91. The number of hydrogen-bond donors (Lipinski definition) is 0. The summed E-state index contributed by atoms with van der Waals surface area (Å²) in [7, 11) is -3.62. The molecule has 2 atom stereocenters. The van der Waals surface area contributed by atoms with Crippen LogP contribution < -0.4 is 0 Å². The fourth-order valence-electron chi connectivity index (χ4n) is 4.65. The van der Waals surface area contributed by atoms with Crippen LogP contribution in [0.2, 0.25) is 0 Å². The summed E-state index contributed by atoms with van der Waals surface area (Å²) in [6.45, 7) is 23.3. The molecule has 0 aliphatic carbocycles. The van der Waals surface area contributed by atoms with E-state index in [0.29, 0.717) is 6.42 Å². The first-order valence-corrected chi connectivity index (χ1v) is 17.7. The normalized spacial score (nSPS) is 14.8. The highest BCUT2D eigenvalue weighted by molar-refractivity contribution is 7.86. The van der Waals surface area contributed by atoms with Crippen LogP contribution in [0.15, 0.2) is 81.5 Å². The molecule has 2 unspecified atom stereocenters. The van der Waals surface area contributed by atoms with Gasteiger partial charge in [0.25, 0.3) is 10.1 Å². The highest BCUT2D eigenvalue weighted by Crippen LogP contribution is 2.26. The van der Waals surface area contributed by atoms with E-state index in [1.807, 2.05) is 6.92 Å². The van der Waals surface area contributed by atoms with Crippen LogP contribution in [0.3, 0.4) is 0 Å². The second-order valence-corrected chi connectivity index (χ2v) is 14.6. The second kappa shape index (κ2) is 22.6. The van der Waals surface area contributed by atoms with E-state index in [4.69, 9.17) is 4.18 Å². The summed E-state index contributed by atoms with van der Waals surface area (Å²) in [6.07, 6.45) is 24.6. The molecule has 0 amide bonds. The van der Waals surface area contributed by atoms with E-state index in [1.54, 1.807) is 0 Å². The predicted octanol–water partition coefficient (Wildman–Crippen LogP) is 11.9. The van der Waals surface area contributed by atoms with Crippen molar-refractivity contribution < 1.29 is 12.6 Å². The molecule has 0 spiro atoms. The van der Waals surface area contributed by atoms with E-state index in [0.717, 1.165) is 57.8 Å². The topological polar surface area (TPSA) is 43.4 Å². The van der Waals surface area contributed by atoms with Gasteiger partial charge in [0, 0.05) is 5.92 Å². The van der Waals surface area contributed by atoms with Crippen LogP contribution in [-0.2, 0) is 14.3 Å². The van der Waals surface area contributed by atoms with Crippen LogP contribution in [0.1, 0.15) is 140 Å². The molecule has 0 rings (SSSR count). The van der Waals surface area contributed by atoms with Gasteiger partial charge in [-0.2, -0.15) is 8.42 Å². The van der Waals surface area contributed by atoms with E-state index in [-0.39, 0.29) is 11.7 Å². The van der Waals surface area contributed by atoms with Gasteiger partial charge in [0.2, 0.25) is 0 Å². The third kappa shape index (κ3) is 22.7. The molecule has 3 nitrogen and oxygen atoms in total. The molecule has 0 bridgehead atoms. The van der Waals surface area contributed by atoms with Gasteiger partial charge in [-0.15, -0.1) is 0 Å². The van der Waals surface area contributed by atoms with Crippen molar-refractivity contribution >= 4 is 10.1 Å². The Bertz CT molecular complexity index is 1090. The molecule has 0 aliphatic heterocycles. The van der Waals surface area contributed by atoms with Crippen molar-refractivity contribution in [3.8, 4) is 0 Å². The van der Waals surface area contributed by atoms with Gasteiger partial charge >= 0.3 is 0 Å². The average molecular weight is 601 g/mol. The highest BCUT2D eigenvalue weighted by Gasteiger charge is 2.24.